The summed E-state index contributed by atoms with van der Waals surface area (Å²) in [5, 5.41) is 0.514. The van der Waals surface area contributed by atoms with Crippen LogP contribution in [0.15, 0.2) is 23.3 Å². The van der Waals surface area contributed by atoms with E-state index in [2.05, 4.69) is 9.27 Å². The molecule has 11 heteroatoms. The minimum Gasteiger partial charge on any atom is -0.724 e. The van der Waals surface area contributed by atoms with E-state index in [-0.39, 0.29) is 18.6 Å². The fourth-order valence-corrected chi connectivity index (χ4v) is 2.80. The van der Waals surface area contributed by atoms with Crippen molar-refractivity contribution in [2.24, 2.45) is 7.05 Å². The van der Waals surface area contributed by atoms with E-state index in [0.717, 1.165) is 0 Å². The van der Waals surface area contributed by atoms with Crippen molar-refractivity contribution >= 4 is 22.0 Å². The highest BCUT2D eigenvalue weighted by Crippen LogP contribution is 2.31. The number of carbonyl (C=O) groups is 1. The molecule has 0 aromatic carbocycles. The van der Waals surface area contributed by atoms with Gasteiger partial charge in [-0.1, -0.05) is 6.08 Å². The molecule has 0 saturated carbocycles. The lowest BCUT2D eigenvalue weighted by Crippen LogP contribution is -2.36. The maximum absolute atomic E-state index is 12.0. The van der Waals surface area contributed by atoms with Crippen LogP contribution in [0, 0.1) is 0 Å². The van der Waals surface area contributed by atoms with Crippen LogP contribution >= 0.6 is 0 Å². The van der Waals surface area contributed by atoms with Crippen LogP contribution in [0.3, 0.4) is 0 Å². The van der Waals surface area contributed by atoms with Gasteiger partial charge in [0.1, 0.15) is 6.04 Å². The van der Waals surface area contributed by atoms with Crippen molar-refractivity contribution < 1.29 is 22.0 Å². The Bertz CT molecular complexity index is 829. The Morgan fingerprint density at radius 2 is 2.14 bits per heavy atom. The third-order valence-electron chi connectivity index (χ3n) is 3.47. The normalized spacial score (nSPS) is 21.3. The van der Waals surface area contributed by atoms with Crippen molar-refractivity contribution in [3.63, 3.8) is 0 Å². The zero-order chi connectivity index (χ0) is 16.1. The molecule has 2 aliphatic heterocycles. The summed E-state index contributed by atoms with van der Waals surface area (Å²) < 4.78 is 37.9. The van der Waals surface area contributed by atoms with E-state index < -0.39 is 22.5 Å². The van der Waals surface area contributed by atoms with E-state index >= 15 is 0 Å². The number of aryl methyl sites for hydroxylation is 1. The summed E-state index contributed by atoms with van der Waals surface area (Å²) in [5.41, 5.74) is 0.462. The van der Waals surface area contributed by atoms with Crippen molar-refractivity contribution in [2.45, 2.75) is 6.04 Å². The number of nitrogens with zero attached hydrogens (tertiary/aromatic N) is 4. The average Bonchev–Trinajstić information content (AvgIpc) is 2.66. The highest BCUT2D eigenvalue weighted by molar-refractivity contribution is 7.80. The Hall–Kier alpha value is -2.24. The van der Waals surface area contributed by atoms with Crippen molar-refractivity contribution in [1.29, 1.82) is 0 Å². The summed E-state index contributed by atoms with van der Waals surface area (Å²) in [7, 11) is -3.55. The van der Waals surface area contributed by atoms with Gasteiger partial charge >= 0.3 is 6.03 Å². The summed E-state index contributed by atoms with van der Waals surface area (Å²) in [6.07, 6.45) is 2.96. The van der Waals surface area contributed by atoms with Crippen LogP contribution in [-0.2, 0) is 21.7 Å². The first-order chi connectivity index (χ1) is 10.3. The molecule has 0 aliphatic carbocycles. The van der Waals surface area contributed by atoms with E-state index in [1.165, 1.54) is 28.9 Å². The van der Waals surface area contributed by atoms with Gasteiger partial charge < -0.3 is 14.0 Å². The first-order valence-corrected chi connectivity index (χ1v) is 7.56. The van der Waals surface area contributed by atoms with Crippen molar-refractivity contribution in [3.05, 3.63) is 34.5 Å². The second-order valence-corrected chi connectivity index (χ2v) is 5.86. The summed E-state index contributed by atoms with van der Waals surface area (Å²) in [6, 6.07) is -0.266. The van der Waals surface area contributed by atoms with Crippen LogP contribution < -0.4 is 5.56 Å². The molecule has 1 aromatic heterocycles. The molecule has 1 fully saturated rings. The lowest BCUT2D eigenvalue weighted by Gasteiger charge is -2.24. The van der Waals surface area contributed by atoms with Gasteiger partial charge in [0, 0.05) is 25.2 Å². The Labute approximate surface area is 125 Å². The van der Waals surface area contributed by atoms with Gasteiger partial charge in [0.25, 0.3) is 5.56 Å². The predicted octanol–water partition coefficient (Wildman–Crippen LogP) is -1.32. The quantitative estimate of drug-likeness (QED) is 0.497. The van der Waals surface area contributed by atoms with Crippen LogP contribution in [0.2, 0.25) is 0 Å². The molecule has 3 rings (SSSR count). The van der Waals surface area contributed by atoms with Gasteiger partial charge in [-0.25, -0.2) is 18.2 Å². The molecule has 118 valence electrons. The van der Waals surface area contributed by atoms with Crippen LogP contribution in [0.25, 0.3) is 5.57 Å². The largest absolute Gasteiger partial charge is 0.724 e. The summed E-state index contributed by atoms with van der Waals surface area (Å²) in [6.45, 7) is 0.359. The number of urea groups is 1. The first kappa shape index (κ1) is 14.7. The number of amides is 2. The topological polar surface area (TPSA) is 125 Å². The number of hydroxylamine groups is 2. The molecule has 1 atom stereocenters. The van der Waals surface area contributed by atoms with Crippen LogP contribution in [0.5, 0.6) is 0 Å². The molecule has 0 radical (unpaired) electrons. The Morgan fingerprint density at radius 3 is 2.77 bits per heavy atom. The zero-order valence-corrected chi connectivity index (χ0v) is 12.2. The second kappa shape index (κ2) is 4.90. The number of rotatable bonds is 3. The average molecular weight is 327 g/mol. The molecular formula is C11H11N4O6S-. The molecule has 0 spiro atoms. The fraction of sp³-hybridized carbons (Fsp3) is 0.364. The number of aromatic nitrogens is 2. The second-order valence-electron chi connectivity index (χ2n) is 4.89. The third-order valence-corrected chi connectivity index (χ3v) is 3.81. The highest BCUT2D eigenvalue weighted by Gasteiger charge is 2.44. The van der Waals surface area contributed by atoms with Gasteiger partial charge in [-0.3, -0.25) is 4.79 Å². The van der Waals surface area contributed by atoms with Gasteiger partial charge in [-0.15, -0.1) is 0 Å². The van der Waals surface area contributed by atoms with Gasteiger partial charge in [-0.05, 0) is 0 Å². The van der Waals surface area contributed by atoms with Gasteiger partial charge in [-0.2, -0.15) is 9.35 Å². The van der Waals surface area contributed by atoms with Crippen LogP contribution in [0.4, 0.5) is 4.79 Å². The Balaban J connectivity index is 1.99. The van der Waals surface area contributed by atoms with E-state index in [9.17, 15) is 22.6 Å². The van der Waals surface area contributed by atoms with Gasteiger partial charge in [0.2, 0.25) is 10.4 Å². The summed E-state index contributed by atoms with van der Waals surface area (Å²) in [5.74, 6) is 0. The molecule has 2 bridgehead atoms. The molecule has 3 heterocycles. The maximum Gasteiger partial charge on any atom is 0.346 e. The van der Waals surface area contributed by atoms with Crippen LogP contribution in [-0.4, -0.2) is 57.6 Å². The Kier molecular flexibility index (Phi) is 3.27. The van der Waals surface area contributed by atoms with Crippen LogP contribution in [0.1, 0.15) is 5.69 Å². The number of fused-ring (bicyclic) bond motifs is 2. The van der Waals surface area contributed by atoms with Gasteiger partial charge in [0.15, 0.2) is 0 Å². The smallest absolute Gasteiger partial charge is 0.346 e. The third kappa shape index (κ3) is 2.49. The van der Waals surface area contributed by atoms with E-state index in [1.54, 1.807) is 6.08 Å². The van der Waals surface area contributed by atoms with E-state index in [0.29, 0.717) is 16.3 Å². The van der Waals surface area contributed by atoms with E-state index in [4.69, 9.17) is 0 Å². The number of hydrogen-bond donors (Lipinski definition) is 0. The van der Waals surface area contributed by atoms with Crippen molar-refractivity contribution in [1.82, 2.24) is 19.5 Å². The maximum atomic E-state index is 12.0. The monoisotopic (exact) mass is 327 g/mol. The molecule has 22 heavy (non-hydrogen) atoms. The van der Waals surface area contributed by atoms with E-state index in [1.807, 2.05) is 0 Å². The molecule has 2 amide bonds. The minimum absolute atomic E-state index is 0.150. The minimum atomic E-state index is -5.08. The molecule has 0 N–H and O–H groups in total. The standard InChI is InChI=1S/C11H12N4O6S/c1-13-6-12-8(4-10(13)16)7-2-3-14-5-9(7)15(11(14)17)21-22(18,19)20/h2,4,6,9H,3,5H2,1H3,(H,18,19,20)/p-1. The molecule has 2 aliphatic rings. The SMILES string of the molecule is Cn1cnc(C2=CCN3CC2N(OS(=O)(=O)[O-])C3=O)cc1=O. The first-order valence-electron chi connectivity index (χ1n) is 6.23. The van der Waals surface area contributed by atoms with Gasteiger partial charge in [0.05, 0.1) is 18.6 Å². The number of carbonyl (C=O) groups excluding carboxylic acids is 1. The lowest BCUT2D eigenvalue weighted by atomic mass is 10.0. The van der Waals surface area contributed by atoms with Crippen molar-refractivity contribution in [3.8, 4) is 0 Å². The summed E-state index contributed by atoms with van der Waals surface area (Å²) in [4.78, 5) is 29.1. The molecule has 1 aromatic rings. The lowest BCUT2D eigenvalue weighted by molar-refractivity contribution is -0.0172. The zero-order valence-electron chi connectivity index (χ0n) is 11.4. The highest BCUT2D eigenvalue weighted by atomic mass is 32.3. The summed E-state index contributed by atoms with van der Waals surface area (Å²) >= 11 is 0. The molecule has 1 saturated heterocycles. The molecular weight excluding hydrogens is 316 g/mol. The number of hydrogen-bond acceptors (Lipinski definition) is 7. The Morgan fingerprint density at radius 1 is 1.41 bits per heavy atom. The molecule has 10 nitrogen and oxygen atoms in total. The fourth-order valence-electron chi connectivity index (χ4n) is 2.43. The molecule has 1 unspecified atom stereocenters. The predicted molar refractivity (Wildman–Crippen MR) is 70.8 cm³/mol. The van der Waals surface area contributed by atoms with Crippen molar-refractivity contribution in [2.75, 3.05) is 13.1 Å².